The number of hydrogen-bond acceptors (Lipinski definition) is 5. The Hall–Kier alpha value is -1.86. The maximum Gasteiger partial charge on any atom is 0.435 e. The van der Waals surface area contributed by atoms with Crippen LogP contribution in [0, 0.1) is 0 Å². The van der Waals surface area contributed by atoms with Gasteiger partial charge in [-0.05, 0) is 0 Å². The van der Waals surface area contributed by atoms with Gasteiger partial charge in [-0.25, -0.2) is 14.8 Å². The summed E-state index contributed by atoms with van der Waals surface area (Å²) in [7, 11) is 2.09. The van der Waals surface area contributed by atoms with Gasteiger partial charge in [-0.2, -0.15) is 13.2 Å². The fourth-order valence-electron chi connectivity index (χ4n) is 0.915. The van der Waals surface area contributed by atoms with E-state index in [0.717, 1.165) is 20.4 Å². The molecule has 0 fully saturated rings. The van der Waals surface area contributed by atoms with Gasteiger partial charge >= 0.3 is 12.1 Å². The molecule has 0 atom stereocenters. The second-order valence-corrected chi connectivity index (χ2v) is 2.60. The van der Waals surface area contributed by atoms with Crippen molar-refractivity contribution in [1.82, 2.24) is 9.97 Å². The van der Waals surface area contributed by atoms with E-state index in [-0.39, 0.29) is 5.88 Å². The molecule has 0 bridgehead atoms. The Morgan fingerprint density at radius 3 is 2.44 bits per heavy atom. The maximum atomic E-state index is 12.5. The number of alkyl halides is 3. The molecule has 0 amide bonds. The second kappa shape index (κ2) is 4.33. The molecule has 0 radical (unpaired) electrons. The van der Waals surface area contributed by atoms with Gasteiger partial charge < -0.3 is 9.47 Å². The Labute approximate surface area is 88.2 Å². The number of aromatic nitrogens is 2. The molecule has 0 aromatic carbocycles. The van der Waals surface area contributed by atoms with Crippen LogP contribution in [0.1, 0.15) is 16.2 Å². The Bertz CT molecular complexity index is 406. The van der Waals surface area contributed by atoms with Crippen molar-refractivity contribution in [2.24, 2.45) is 0 Å². The van der Waals surface area contributed by atoms with Gasteiger partial charge in [0.25, 0.3) is 0 Å². The van der Waals surface area contributed by atoms with Crippen molar-refractivity contribution in [2.45, 2.75) is 6.18 Å². The molecule has 0 unspecified atom stereocenters. The van der Waals surface area contributed by atoms with E-state index in [1.807, 2.05) is 0 Å². The highest BCUT2D eigenvalue weighted by Gasteiger charge is 2.39. The fourth-order valence-corrected chi connectivity index (χ4v) is 0.915. The van der Waals surface area contributed by atoms with Crippen LogP contribution in [0.4, 0.5) is 13.2 Å². The summed E-state index contributed by atoms with van der Waals surface area (Å²) in [6.45, 7) is 0. The zero-order chi connectivity index (χ0) is 12.3. The van der Waals surface area contributed by atoms with E-state index in [1.165, 1.54) is 0 Å². The molecule has 0 N–H and O–H groups in total. The normalized spacial score (nSPS) is 11.1. The van der Waals surface area contributed by atoms with Crippen LogP contribution in [0.15, 0.2) is 6.20 Å². The number of halogens is 3. The van der Waals surface area contributed by atoms with Gasteiger partial charge in [0.1, 0.15) is 0 Å². The summed E-state index contributed by atoms with van der Waals surface area (Å²) in [5.74, 6) is -1.54. The predicted molar refractivity (Wildman–Crippen MR) is 44.9 cm³/mol. The number of hydrogen-bond donors (Lipinski definition) is 0. The zero-order valence-electron chi connectivity index (χ0n) is 8.33. The van der Waals surface area contributed by atoms with Gasteiger partial charge in [-0.1, -0.05) is 0 Å². The van der Waals surface area contributed by atoms with E-state index in [4.69, 9.17) is 0 Å². The number of carbonyl (C=O) groups is 1. The van der Waals surface area contributed by atoms with Crippen molar-refractivity contribution >= 4 is 5.97 Å². The zero-order valence-corrected chi connectivity index (χ0v) is 8.33. The molecule has 5 nitrogen and oxygen atoms in total. The van der Waals surface area contributed by atoms with Crippen LogP contribution < -0.4 is 4.74 Å². The van der Waals surface area contributed by atoms with Crippen molar-refractivity contribution in [1.29, 1.82) is 0 Å². The van der Waals surface area contributed by atoms with Crippen molar-refractivity contribution in [3.63, 3.8) is 0 Å². The molecule has 0 aliphatic carbocycles. The van der Waals surface area contributed by atoms with Crippen LogP contribution in [-0.4, -0.2) is 30.2 Å². The standard InChI is InChI=1S/C8H7F3N2O3/c1-15-4-3-12-5(7(14)16-2)6(13-4)8(9,10)11/h3H,1-2H3. The van der Waals surface area contributed by atoms with Crippen LogP contribution in [-0.2, 0) is 10.9 Å². The Morgan fingerprint density at radius 1 is 1.38 bits per heavy atom. The average Bonchev–Trinajstić information content (AvgIpc) is 2.26. The van der Waals surface area contributed by atoms with Gasteiger partial charge in [0.2, 0.25) is 5.88 Å². The summed E-state index contributed by atoms with van der Waals surface area (Å²) in [4.78, 5) is 17.4. The SMILES string of the molecule is COC(=O)c1ncc(OC)nc1C(F)(F)F. The molecule has 8 heteroatoms. The van der Waals surface area contributed by atoms with Gasteiger partial charge in [0.05, 0.1) is 20.4 Å². The Balaban J connectivity index is 3.33. The molecular weight excluding hydrogens is 229 g/mol. The number of methoxy groups -OCH3 is 2. The van der Waals surface area contributed by atoms with Crippen molar-refractivity contribution in [2.75, 3.05) is 14.2 Å². The quantitative estimate of drug-likeness (QED) is 0.724. The minimum Gasteiger partial charge on any atom is -0.480 e. The van der Waals surface area contributed by atoms with E-state index >= 15 is 0 Å². The lowest BCUT2D eigenvalue weighted by atomic mass is 10.3. The third-order valence-corrected chi connectivity index (χ3v) is 1.61. The van der Waals surface area contributed by atoms with E-state index in [1.54, 1.807) is 0 Å². The molecule has 0 aliphatic rings. The number of rotatable bonds is 2. The minimum atomic E-state index is -4.80. The number of ether oxygens (including phenoxy) is 2. The lowest BCUT2D eigenvalue weighted by Gasteiger charge is -2.10. The smallest absolute Gasteiger partial charge is 0.435 e. The predicted octanol–water partition coefficient (Wildman–Crippen LogP) is 1.29. The van der Waals surface area contributed by atoms with Crippen molar-refractivity contribution in [3.05, 3.63) is 17.6 Å². The van der Waals surface area contributed by atoms with Gasteiger partial charge in [-0.3, -0.25) is 0 Å². The number of esters is 1. The monoisotopic (exact) mass is 236 g/mol. The first-order valence-corrected chi connectivity index (χ1v) is 3.96. The maximum absolute atomic E-state index is 12.5. The molecule has 0 spiro atoms. The highest BCUT2D eigenvalue weighted by Crippen LogP contribution is 2.30. The van der Waals surface area contributed by atoms with Crippen molar-refractivity contribution < 1.29 is 27.4 Å². The highest BCUT2D eigenvalue weighted by molar-refractivity contribution is 5.88. The van der Waals surface area contributed by atoms with Crippen molar-refractivity contribution in [3.8, 4) is 5.88 Å². The first-order chi connectivity index (χ1) is 7.40. The van der Waals surface area contributed by atoms with E-state index in [2.05, 4.69) is 19.4 Å². The summed E-state index contributed by atoms with van der Waals surface area (Å²) >= 11 is 0. The summed E-state index contributed by atoms with van der Waals surface area (Å²) in [5.41, 5.74) is -2.32. The molecule has 1 heterocycles. The molecule has 16 heavy (non-hydrogen) atoms. The summed E-state index contributed by atoms with van der Waals surface area (Å²) < 4.78 is 46.1. The molecule has 1 aromatic rings. The van der Waals surface area contributed by atoms with Gasteiger partial charge in [0.15, 0.2) is 11.4 Å². The highest BCUT2D eigenvalue weighted by atomic mass is 19.4. The first kappa shape index (κ1) is 12.2. The van der Waals surface area contributed by atoms with Gasteiger partial charge in [0, 0.05) is 0 Å². The molecule has 1 aromatic heterocycles. The number of nitrogens with zero attached hydrogens (tertiary/aromatic N) is 2. The topological polar surface area (TPSA) is 61.3 Å². The lowest BCUT2D eigenvalue weighted by molar-refractivity contribution is -0.142. The molecule has 0 aliphatic heterocycles. The third-order valence-electron chi connectivity index (χ3n) is 1.61. The second-order valence-electron chi connectivity index (χ2n) is 2.60. The number of carbonyl (C=O) groups excluding carboxylic acids is 1. The Kier molecular flexibility index (Phi) is 3.31. The summed E-state index contributed by atoms with van der Waals surface area (Å²) in [6.07, 6.45) is -3.90. The Morgan fingerprint density at radius 2 is 2.00 bits per heavy atom. The minimum absolute atomic E-state index is 0.333. The third kappa shape index (κ3) is 2.38. The van der Waals surface area contributed by atoms with E-state index in [0.29, 0.717) is 0 Å². The van der Waals surface area contributed by atoms with E-state index < -0.39 is 23.5 Å². The summed E-state index contributed by atoms with van der Waals surface area (Å²) in [6, 6.07) is 0. The molecule has 0 saturated heterocycles. The largest absolute Gasteiger partial charge is 0.480 e. The van der Waals surface area contributed by atoms with Crippen LogP contribution in [0.3, 0.4) is 0 Å². The van der Waals surface area contributed by atoms with Crippen LogP contribution in [0.25, 0.3) is 0 Å². The summed E-state index contributed by atoms with van der Waals surface area (Å²) in [5, 5.41) is 0. The van der Waals surface area contributed by atoms with E-state index in [9.17, 15) is 18.0 Å². The lowest BCUT2D eigenvalue weighted by Crippen LogP contribution is -2.18. The van der Waals surface area contributed by atoms with Crippen LogP contribution >= 0.6 is 0 Å². The molecule has 88 valence electrons. The molecule has 0 saturated carbocycles. The van der Waals surface area contributed by atoms with Gasteiger partial charge in [-0.15, -0.1) is 0 Å². The molecule has 1 rings (SSSR count). The van der Waals surface area contributed by atoms with Crippen LogP contribution in [0.5, 0.6) is 5.88 Å². The first-order valence-electron chi connectivity index (χ1n) is 3.96. The molecular formula is C8H7F3N2O3. The average molecular weight is 236 g/mol. The van der Waals surface area contributed by atoms with Crippen LogP contribution in [0.2, 0.25) is 0 Å². The fraction of sp³-hybridized carbons (Fsp3) is 0.375.